The smallest absolute Gasteiger partial charge is 0.261 e. The summed E-state index contributed by atoms with van der Waals surface area (Å²) in [6.07, 6.45) is 1.91. The van der Waals surface area contributed by atoms with E-state index in [0.717, 1.165) is 29.7 Å². The van der Waals surface area contributed by atoms with Crippen molar-refractivity contribution < 1.29 is 18.3 Å². The van der Waals surface area contributed by atoms with Gasteiger partial charge < -0.3 is 9.90 Å². The van der Waals surface area contributed by atoms with Crippen LogP contribution in [0.25, 0.3) is 10.8 Å². The first-order chi connectivity index (χ1) is 12.0. The highest BCUT2D eigenvalue weighted by Gasteiger charge is 2.20. The summed E-state index contributed by atoms with van der Waals surface area (Å²) < 4.78 is 27.9. The Balaban J connectivity index is 1.79. The van der Waals surface area contributed by atoms with Gasteiger partial charge in [0.25, 0.3) is 10.0 Å². The summed E-state index contributed by atoms with van der Waals surface area (Å²) in [6.45, 7) is 0. The molecule has 0 atom stereocenters. The van der Waals surface area contributed by atoms with Gasteiger partial charge in [0, 0.05) is 5.39 Å². The third-order valence-corrected chi connectivity index (χ3v) is 5.86. The van der Waals surface area contributed by atoms with Crippen molar-refractivity contribution in [1.82, 2.24) is 0 Å². The van der Waals surface area contributed by atoms with Crippen LogP contribution in [-0.4, -0.2) is 14.4 Å². The quantitative estimate of drug-likeness (QED) is 0.779. The molecule has 0 unspecified atom stereocenters. The number of hydrogen-bond acceptors (Lipinski definition) is 4. The largest absolute Gasteiger partial charge is 0.545 e. The fourth-order valence-corrected chi connectivity index (χ4v) is 4.45. The maximum Gasteiger partial charge on any atom is 0.261 e. The highest BCUT2D eigenvalue weighted by molar-refractivity contribution is 7.92. The molecule has 5 nitrogen and oxygen atoms in total. The second-order valence-electron chi connectivity index (χ2n) is 6.03. The second kappa shape index (κ2) is 5.60. The van der Waals surface area contributed by atoms with Gasteiger partial charge in [0.15, 0.2) is 0 Å². The molecule has 0 fully saturated rings. The van der Waals surface area contributed by atoms with Gasteiger partial charge >= 0.3 is 0 Å². The molecular formula is C19H14NO4S-. The predicted octanol–water partition coefficient (Wildman–Crippen LogP) is 2.10. The molecule has 0 radical (unpaired) electrons. The van der Waals surface area contributed by atoms with E-state index >= 15 is 0 Å². The molecule has 0 heterocycles. The van der Waals surface area contributed by atoms with Crippen LogP contribution in [0.4, 0.5) is 5.69 Å². The van der Waals surface area contributed by atoms with Gasteiger partial charge in [-0.3, -0.25) is 4.72 Å². The summed E-state index contributed by atoms with van der Waals surface area (Å²) in [4.78, 5) is 10.9. The molecule has 25 heavy (non-hydrogen) atoms. The Kier molecular flexibility index (Phi) is 3.51. The number of carboxylic acid groups (broad SMARTS) is 1. The Hall–Kier alpha value is -2.86. The average Bonchev–Trinajstić information content (AvgIpc) is 3.02. The molecule has 3 aromatic carbocycles. The number of nitrogens with one attached hydrogen (secondary N) is 1. The normalized spacial score (nSPS) is 13.1. The summed E-state index contributed by atoms with van der Waals surface area (Å²) in [7, 11) is -3.91. The van der Waals surface area contributed by atoms with Crippen molar-refractivity contribution in [3.63, 3.8) is 0 Å². The topological polar surface area (TPSA) is 86.3 Å². The minimum atomic E-state index is -3.91. The van der Waals surface area contributed by atoms with E-state index in [1.807, 2.05) is 18.2 Å². The van der Waals surface area contributed by atoms with Crippen LogP contribution in [0.1, 0.15) is 21.5 Å². The molecular weight excluding hydrogens is 338 g/mol. The van der Waals surface area contributed by atoms with Crippen molar-refractivity contribution in [3.05, 3.63) is 71.3 Å². The zero-order chi connectivity index (χ0) is 17.6. The minimum Gasteiger partial charge on any atom is -0.545 e. The number of benzene rings is 3. The summed E-state index contributed by atoms with van der Waals surface area (Å²) in [6, 6.07) is 14.7. The lowest BCUT2D eigenvalue weighted by molar-refractivity contribution is -0.255. The van der Waals surface area contributed by atoms with E-state index in [-0.39, 0.29) is 10.5 Å². The first-order valence-electron chi connectivity index (χ1n) is 7.83. The Morgan fingerprint density at radius 2 is 1.68 bits per heavy atom. The zero-order valence-electron chi connectivity index (χ0n) is 13.2. The molecule has 6 heteroatoms. The Morgan fingerprint density at radius 1 is 0.960 bits per heavy atom. The number of carboxylic acids is 1. The summed E-state index contributed by atoms with van der Waals surface area (Å²) in [5.41, 5.74) is 2.74. The third-order valence-electron chi connectivity index (χ3n) is 4.50. The van der Waals surface area contributed by atoms with Crippen LogP contribution in [0.2, 0.25) is 0 Å². The standard InChI is InChI=1S/C19H15NO4S/c21-19(22)14-4-1-5-15(11-14)25(23,24)20-17-10-9-13-8-7-12-3-2-6-16(17)18(12)13/h1-6,9-11,20H,7-8H2,(H,21,22)/p-1. The highest BCUT2D eigenvalue weighted by atomic mass is 32.2. The van der Waals surface area contributed by atoms with Crippen LogP contribution in [0.5, 0.6) is 0 Å². The van der Waals surface area contributed by atoms with Gasteiger partial charge in [-0.05, 0) is 53.1 Å². The zero-order valence-corrected chi connectivity index (χ0v) is 14.0. The molecule has 1 N–H and O–H groups in total. The number of carbonyl (C=O) groups excluding carboxylic acids is 1. The predicted molar refractivity (Wildman–Crippen MR) is 92.9 cm³/mol. The molecule has 0 aromatic heterocycles. The van der Waals surface area contributed by atoms with Crippen molar-refractivity contribution in [2.24, 2.45) is 0 Å². The molecule has 0 bridgehead atoms. The Bertz CT molecular complexity index is 1110. The van der Waals surface area contributed by atoms with Crippen LogP contribution >= 0.6 is 0 Å². The fourth-order valence-electron chi connectivity index (χ4n) is 3.33. The van der Waals surface area contributed by atoms with Gasteiger partial charge in [-0.2, -0.15) is 0 Å². The molecule has 0 spiro atoms. The van der Waals surface area contributed by atoms with Crippen molar-refractivity contribution in [3.8, 4) is 0 Å². The molecule has 0 aliphatic heterocycles. The number of sulfonamides is 1. The molecule has 0 saturated heterocycles. The van der Waals surface area contributed by atoms with Crippen molar-refractivity contribution in [1.29, 1.82) is 0 Å². The molecule has 3 aromatic rings. The molecule has 1 aliphatic rings. The molecule has 0 amide bonds. The van der Waals surface area contributed by atoms with Gasteiger partial charge in [-0.25, -0.2) is 8.42 Å². The lowest BCUT2D eigenvalue weighted by Crippen LogP contribution is -2.23. The van der Waals surface area contributed by atoms with Gasteiger partial charge in [0.2, 0.25) is 0 Å². The number of aromatic carboxylic acids is 1. The van der Waals surface area contributed by atoms with E-state index in [1.54, 1.807) is 6.07 Å². The van der Waals surface area contributed by atoms with Crippen molar-refractivity contribution in [2.45, 2.75) is 17.7 Å². The second-order valence-corrected chi connectivity index (χ2v) is 7.72. The van der Waals surface area contributed by atoms with Gasteiger partial charge in [-0.15, -0.1) is 0 Å². The fraction of sp³-hybridized carbons (Fsp3) is 0.105. The highest BCUT2D eigenvalue weighted by Crippen LogP contribution is 2.35. The number of aryl methyl sites for hydroxylation is 2. The molecule has 1 aliphatic carbocycles. The lowest BCUT2D eigenvalue weighted by Gasteiger charge is -2.13. The van der Waals surface area contributed by atoms with Gasteiger partial charge in [0.05, 0.1) is 16.6 Å². The van der Waals surface area contributed by atoms with E-state index in [4.69, 9.17) is 0 Å². The number of anilines is 1. The van der Waals surface area contributed by atoms with Crippen LogP contribution < -0.4 is 9.83 Å². The first kappa shape index (κ1) is 15.7. The summed E-state index contributed by atoms with van der Waals surface area (Å²) >= 11 is 0. The maximum absolute atomic E-state index is 12.7. The number of hydrogen-bond donors (Lipinski definition) is 1. The van der Waals surface area contributed by atoms with Gasteiger partial charge in [0.1, 0.15) is 0 Å². The maximum atomic E-state index is 12.7. The van der Waals surface area contributed by atoms with Crippen LogP contribution in [-0.2, 0) is 22.9 Å². The van der Waals surface area contributed by atoms with Crippen LogP contribution in [0, 0.1) is 0 Å². The van der Waals surface area contributed by atoms with Crippen molar-refractivity contribution >= 4 is 32.5 Å². The Labute approximate surface area is 145 Å². The Morgan fingerprint density at radius 3 is 2.44 bits per heavy atom. The SMILES string of the molecule is O=C([O-])c1cccc(S(=O)(=O)Nc2ccc3c4c(cccc24)CC3)c1. The van der Waals surface area contributed by atoms with Crippen LogP contribution in [0.15, 0.2) is 59.5 Å². The van der Waals surface area contributed by atoms with Gasteiger partial charge in [-0.1, -0.05) is 36.4 Å². The number of carbonyl (C=O) groups is 1. The third kappa shape index (κ3) is 2.64. The first-order valence-corrected chi connectivity index (χ1v) is 9.32. The average molecular weight is 352 g/mol. The molecule has 4 rings (SSSR count). The van der Waals surface area contributed by atoms with E-state index in [1.165, 1.54) is 29.3 Å². The summed E-state index contributed by atoms with van der Waals surface area (Å²) in [5, 5.41) is 12.9. The van der Waals surface area contributed by atoms with Crippen LogP contribution in [0.3, 0.4) is 0 Å². The molecule has 0 saturated carbocycles. The monoisotopic (exact) mass is 352 g/mol. The summed E-state index contributed by atoms with van der Waals surface area (Å²) in [5.74, 6) is -1.41. The van der Waals surface area contributed by atoms with E-state index in [9.17, 15) is 18.3 Å². The molecule has 126 valence electrons. The lowest BCUT2D eigenvalue weighted by atomic mass is 10.0. The van der Waals surface area contributed by atoms with E-state index in [0.29, 0.717) is 5.69 Å². The van der Waals surface area contributed by atoms with E-state index < -0.39 is 16.0 Å². The van der Waals surface area contributed by atoms with Crippen molar-refractivity contribution in [2.75, 3.05) is 4.72 Å². The van der Waals surface area contributed by atoms with E-state index in [2.05, 4.69) is 10.8 Å². The number of rotatable bonds is 4. The minimum absolute atomic E-state index is 0.113.